The van der Waals surface area contributed by atoms with E-state index in [-0.39, 0.29) is 0 Å². The van der Waals surface area contributed by atoms with Gasteiger partial charge in [-0.05, 0) is 68.8 Å². The number of allylic oxidation sites excluding steroid dienone is 4. The normalized spacial score (nSPS) is 21.5. The minimum atomic E-state index is 0.421. The van der Waals surface area contributed by atoms with Crippen molar-refractivity contribution in [3.63, 3.8) is 0 Å². The predicted molar refractivity (Wildman–Crippen MR) is 136 cm³/mol. The molecular weight excluding hydrogens is 410 g/mol. The first-order valence-corrected chi connectivity index (χ1v) is 12.1. The fraction of sp³-hybridized carbons (Fsp3) is 0.462. The molecule has 0 spiro atoms. The fourth-order valence-corrected chi connectivity index (χ4v) is 4.47. The van der Waals surface area contributed by atoms with E-state index in [2.05, 4.69) is 50.2 Å². The highest BCUT2D eigenvalue weighted by molar-refractivity contribution is 6.07. The van der Waals surface area contributed by atoms with Crippen LogP contribution in [0.15, 0.2) is 71.0 Å². The Kier molecular flexibility index (Phi) is 8.19. The number of anilines is 1. The van der Waals surface area contributed by atoms with Crippen LogP contribution >= 0.6 is 0 Å². The lowest BCUT2D eigenvalue weighted by molar-refractivity contribution is 0.392. The summed E-state index contributed by atoms with van der Waals surface area (Å²) >= 11 is 0. The number of rotatable bonds is 8. The average Bonchev–Trinajstić information content (AvgIpc) is 2.87. The third-order valence-electron chi connectivity index (χ3n) is 6.44. The average molecular weight is 446 g/mol. The van der Waals surface area contributed by atoms with Crippen LogP contribution in [-0.4, -0.2) is 41.0 Å². The van der Waals surface area contributed by atoms with Gasteiger partial charge in [0.05, 0.1) is 18.1 Å². The van der Waals surface area contributed by atoms with E-state index in [1.165, 1.54) is 32.1 Å². The van der Waals surface area contributed by atoms with Gasteiger partial charge in [-0.2, -0.15) is 0 Å². The summed E-state index contributed by atoms with van der Waals surface area (Å²) in [5.74, 6) is 2.21. The van der Waals surface area contributed by atoms with Gasteiger partial charge in [-0.3, -0.25) is 9.98 Å². The molecule has 1 aliphatic carbocycles. The minimum absolute atomic E-state index is 0.421. The maximum atomic E-state index is 4.70. The molecule has 1 saturated carbocycles. The molecule has 174 valence electrons. The van der Waals surface area contributed by atoms with Crippen molar-refractivity contribution in [2.24, 2.45) is 15.9 Å². The zero-order valence-corrected chi connectivity index (χ0v) is 19.4. The fourth-order valence-electron chi connectivity index (χ4n) is 4.47. The second-order valence-electron chi connectivity index (χ2n) is 8.92. The van der Waals surface area contributed by atoms with Crippen LogP contribution in [0.5, 0.6) is 0 Å². The monoisotopic (exact) mass is 445 g/mol. The van der Waals surface area contributed by atoms with Gasteiger partial charge in [-0.15, -0.1) is 0 Å². The zero-order chi connectivity index (χ0) is 22.9. The van der Waals surface area contributed by atoms with Gasteiger partial charge >= 0.3 is 0 Å². The van der Waals surface area contributed by atoms with Crippen LogP contribution in [0.1, 0.15) is 57.1 Å². The van der Waals surface area contributed by atoms with E-state index in [9.17, 15) is 0 Å². The molecule has 1 aromatic rings. The molecule has 0 aromatic carbocycles. The summed E-state index contributed by atoms with van der Waals surface area (Å²) in [5.41, 5.74) is 3.51. The summed E-state index contributed by atoms with van der Waals surface area (Å²) in [6.07, 6.45) is 20.3. The van der Waals surface area contributed by atoms with Gasteiger partial charge in [-0.25, -0.2) is 9.98 Å². The minimum Gasteiger partial charge on any atom is -0.366 e. The zero-order valence-electron chi connectivity index (χ0n) is 19.4. The van der Waals surface area contributed by atoms with Gasteiger partial charge in [0.25, 0.3) is 0 Å². The number of aliphatic imine (C=N–C) groups is 2. The molecule has 0 bridgehead atoms. The maximum Gasteiger partial charge on any atom is 0.145 e. The number of nitrogens with zero attached hydrogens (tertiary/aromatic N) is 4. The molecule has 2 aliphatic heterocycles. The summed E-state index contributed by atoms with van der Waals surface area (Å²) in [7, 11) is 0. The van der Waals surface area contributed by atoms with Gasteiger partial charge in [0, 0.05) is 24.2 Å². The van der Waals surface area contributed by atoms with Crippen molar-refractivity contribution in [3.8, 4) is 0 Å². The van der Waals surface area contributed by atoms with Crippen LogP contribution in [0.3, 0.4) is 0 Å². The molecule has 1 saturated heterocycles. The molecule has 33 heavy (non-hydrogen) atoms. The smallest absolute Gasteiger partial charge is 0.145 e. The third kappa shape index (κ3) is 6.71. The molecule has 3 aliphatic rings. The lowest BCUT2D eigenvalue weighted by Crippen LogP contribution is -2.35. The molecule has 3 heterocycles. The van der Waals surface area contributed by atoms with Crippen molar-refractivity contribution in [3.05, 3.63) is 66.7 Å². The Labute approximate surface area is 197 Å². The maximum absolute atomic E-state index is 4.70. The molecule has 2 fully saturated rings. The molecular formula is C26H35N7. The Morgan fingerprint density at radius 1 is 1.12 bits per heavy atom. The quantitative estimate of drug-likeness (QED) is 0.513. The highest BCUT2D eigenvalue weighted by Crippen LogP contribution is 2.28. The molecule has 1 aromatic heterocycles. The predicted octanol–water partition coefficient (Wildman–Crippen LogP) is 4.50. The molecule has 0 amide bonds. The Morgan fingerprint density at radius 3 is 2.67 bits per heavy atom. The second kappa shape index (κ2) is 11.7. The number of nitrogens with one attached hydrogen (secondary N) is 3. The molecule has 0 radical (unpaired) electrons. The van der Waals surface area contributed by atoms with Crippen LogP contribution in [-0.2, 0) is 0 Å². The summed E-state index contributed by atoms with van der Waals surface area (Å²) in [5, 5.41) is 10.3. The Balaban J connectivity index is 1.35. The van der Waals surface area contributed by atoms with Crippen LogP contribution in [0.25, 0.3) is 0 Å². The summed E-state index contributed by atoms with van der Waals surface area (Å²) in [6, 6.07) is 0.421. The van der Waals surface area contributed by atoms with Crippen molar-refractivity contribution in [2.45, 2.75) is 57.4 Å². The van der Waals surface area contributed by atoms with E-state index in [0.29, 0.717) is 23.4 Å². The Morgan fingerprint density at radius 2 is 1.94 bits per heavy atom. The van der Waals surface area contributed by atoms with E-state index < -0.39 is 0 Å². The second-order valence-corrected chi connectivity index (χ2v) is 8.92. The van der Waals surface area contributed by atoms with Crippen molar-refractivity contribution >= 4 is 17.7 Å². The van der Waals surface area contributed by atoms with Crippen molar-refractivity contribution in [2.75, 3.05) is 18.4 Å². The summed E-state index contributed by atoms with van der Waals surface area (Å²) in [6.45, 7) is 10.2. The first kappa shape index (κ1) is 23.1. The van der Waals surface area contributed by atoms with Crippen molar-refractivity contribution in [1.82, 2.24) is 20.6 Å². The number of hydrogen-bond donors (Lipinski definition) is 3. The van der Waals surface area contributed by atoms with Crippen LogP contribution in [0.4, 0.5) is 5.82 Å². The standard InChI is InChI=1S/C26H35N7/c1-3-23(24-17-28-18-26(33-24)32-22-11-13-27-14-12-22)29-15-20-9-10-25(30-16-20)31-19(2)21-7-5-4-6-8-21/h3,10,15-18,21-22,27,31H,1-2,4-9,11-14H2,(H,32,33)/b20-15+,29-23?. The highest BCUT2D eigenvalue weighted by Gasteiger charge is 2.17. The van der Waals surface area contributed by atoms with Crippen LogP contribution in [0, 0.1) is 5.92 Å². The molecule has 4 rings (SSSR count). The first-order valence-electron chi connectivity index (χ1n) is 12.1. The van der Waals surface area contributed by atoms with Gasteiger partial charge < -0.3 is 16.0 Å². The van der Waals surface area contributed by atoms with Gasteiger partial charge in [0.15, 0.2) is 0 Å². The molecule has 7 nitrogen and oxygen atoms in total. The SMILES string of the molecule is C=CC(=N/C=C1/C=NC(NC(=C)C2CCCCC2)=CC1)c1cncc(NC2CCNCC2)n1. The van der Waals surface area contributed by atoms with Crippen molar-refractivity contribution in [1.29, 1.82) is 0 Å². The van der Waals surface area contributed by atoms with E-state index in [1.807, 2.05) is 12.4 Å². The van der Waals surface area contributed by atoms with E-state index in [4.69, 9.17) is 4.98 Å². The summed E-state index contributed by atoms with van der Waals surface area (Å²) < 4.78 is 0. The third-order valence-corrected chi connectivity index (χ3v) is 6.44. The first-order chi connectivity index (χ1) is 16.2. The number of aromatic nitrogens is 2. The Bertz CT molecular complexity index is 961. The topological polar surface area (TPSA) is 86.6 Å². The molecule has 0 atom stereocenters. The lowest BCUT2D eigenvalue weighted by atomic mass is 9.87. The number of piperidine rings is 1. The van der Waals surface area contributed by atoms with E-state index in [1.54, 1.807) is 18.5 Å². The summed E-state index contributed by atoms with van der Waals surface area (Å²) in [4.78, 5) is 18.2. The van der Waals surface area contributed by atoms with Gasteiger partial charge in [0.2, 0.25) is 0 Å². The molecule has 0 unspecified atom stereocenters. The lowest BCUT2D eigenvalue weighted by Gasteiger charge is -2.25. The van der Waals surface area contributed by atoms with Crippen molar-refractivity contribution < 1.29 is 0 Å². The van der Waals surface area contributed by atoms with Gasteiger partial charge in [0.1, 0.15) is 17.3 Å². The van der Waals surface area contributed by atoms with Crippen LogP contribution in [0.2, 0.25) is 0 Å². The Hall–Kier alpha value is -3.06. The van der Waals surface area contributed by atoms with Gasteiger partial charge in [-0.1, -0.05) is 32.4 Å². The highest BCUT2D eigenvalue weighted by atomic mass is 15.1. The van der Waals surface area contributed by atoms with Crippen LogP contribution < -0.4 is 16.0 Å². The molecule has 7 heteroatoms. The molecule has 3 N–H and O–H groups in total. The number of hydrogen-bond acceptors (Lipinski definition) is 7. The van der Waals surface area contributed by atoms with E-state index in [0.717, 1.165) is 55.3 Å². The van der Waals surface area contributed by atoms with E-state index >= 15 is 0 Å². The largest absolute Gasteiger partial charge is 0.366 e.